The Bertz CT molecular complexity index is 1050. The number of thiophene rings is 1. The third-order valence-corrected chi connectivity index (χ3v) is 4.23. The summed E-state index contributed by atoms with van der Waals surface area (Å²) in [6.45, 7) is 0. The minimum absolute atomic E-state index is 0.369. The maximum Gasteiger partial charge on any atom is 0.345 e. The minimum Gasteiger partial charge on any atom is -0.304 e. The molecule has 2 N–H and O–H groups in total. The Morgan fingerprint density at radius 2 is 1.39 bits per heavy atom. The SMILES string of the molecule is O=c1[nH]c(-c2ccccc2)cn1-n1cc(-c2ccsc2)[nH]c1=O. The molecule has 1 aromatic carbocycles. The summed E-state index contributed by atoms with van der Waals surface area (Å²) in [5.41, 5.74) is 2.38. The Labute approximate surface area is 134 Å². The van der Waals surface area contributed by atoms with Gasteiger partial charge in [-0.2, -0.15) is 20.7 Å². The predicted octanol–water partition coefficient (Wildman–Crippen LogP) is 2.37. The van der Waals surface area contributed by atoms with Crippen molar-refractivity contribution in [2.45, 2.75) is 0 Å². The molecule has 23 heavy (non-hydrogen) atoms. The van der Waals surface area contributed by atoms with Crippen LogP contribution in [0.15, 0.2) is 69.1 Å². The van der Waals surface area contributed by atoms with Gasteiger partial charge in [-0.3, -0.25) is 0 Å². The standard InChI is InChI=1S/C16H12N4O2S/c21-15-17-13(11-4-2-1-3-5-11)8-19(15)20-9-14(18-16(20)22)12-6-7-23-10-12/h1-10H,(H,17,21)(H,18,22). The second kappa shape index (κ2) is 5.29. The Morgan fingerprint density at radius 1 is 0.783 bits per heavy atom. The van der Waals surface area contributed by atoms with Gasteiger partial charge in [-0.25, -0.2) is 9.59 Å². The van der Waals surface area contributed by atoms with E-state index >= 15 is 0 Å². The smallest absolute Gasteiger partial charge is 0.304 e. The molecule has 0 atom stereocenters. The van der Waals surface area contributed by atoms with Crippen molar-refractivity contribution in [2.75, 3.05) is 0 Å². The first kappa shape index (κ1) is 13.6. The molecular formula is C16H12N4O2S. The second-order valence-corrected chi connectivity index (χ2v) is 5.79. The minimum atomic E-state index is -0.373. The molecule has 114 valence electrons. The summed E-state index contributed by atoms with van der Waals surface area (Å²) in [7, 11) is 0. The summed E-state index contributed by atoms with van der Waals surface area (Å²) >= 11 is 1.54. The first-order valence-electron chi connectivity index (χ1n) is 6.94. The quantitative estimate of drug-likeness (QED) is 0.607. The summed E-state index contributed by atoms with van der Waals surface area (Å²) in [5, 5.41) is 3.87. The lowest BCUT2D eigenvalue weighted by Gasteiger charge is -1.98. The number of hydrogen-bond donors (Lipinski definition) is 2. The van der Waals surface area contributed by atoms with E-state index in [4.69, 9.17) is 0 Å². The van der Waals surface area contributed by atoms with Crippen LogP contribution in [-0.4, -0.2) is 19.3 Å². The predicted molar refractivity (Wildman–Crippen MR) is 89.7 cm³/mol. The number of rotatable bonds is 3. The van der Waals surface area contributed by atoms with Crippen LogP contribution in [0, 0.1) is 0 Å². The van der Waals surface area contributed by atoms with Gasteiger partial charge in [-0.05, 0) is 17.0 Å². The van der Waals surface area contributed by atoms with Gasteiger partial charge in [-0.15, -0.1) is 0 Å². The number of aromatic amines is 2. The van der Waals surface area contributed by atoms with Crippen LogP contribution >= 0.6 is 11.3 Å². The zero-order valence-corrected chi connectivity index (χ0v) is 12.7. The van der Waals surface area contributed by atoms with E-state index in [1.807, 2.05) is 47.2 Å². The molecule has 0 bridgehead atoms. The van der Waals surface area contributed by atoms with Crippen molar-refractivity contribution in [2.24, 2.45) is 0 Å². The lowest BCUT2D eigenvalue weighted by atomic mass is 10.2. The number of nitrogens with zero attached hydrogens (tertiary/aromatic N) is 2. The molecule has 0 saturated carbocycles. The molecule has 3 aromatic heterocycles. The topological polar surface area (TPSA) is 75.6 Å². The number of benzene rings is 1. The summed E-state index contributed by atoms with van der Waals surface area (Å²) in [4.78, 5) is 29.9. The van der Waals surface area contributed by atoms with Crippen molar-refractivity contribution >= 4 is 11.3 Å². The second-order valence-electron chi connectivity index (χ2n) is 5.01. The van der Waals surface area contributed by atoms with E-state index in [1.54, 1.807) is 23.7 Å². The van der Waals surface area contributed by atoms with Crippen molar-refractivity contribution in [1.29, 1.82) is 0 Å². The van der Waals surface area contributed by atoms with Crippen molar-refractivity contribution in [3.8, 4) is 22.5 Å². The highest BCUT2D eigenvalue weighted by atomic mass is 32.1. The van der Waals surface area contributed by atoms with Gasteiger partial charge in [0.15, 0.2) is 0 Å². The Balaban J connectivity index is 1.82. The molecular weight excluding hydrogens is 312 g/mol. The number of imidazole rings is 2. The average Bonchev–Trinajstić information content (AvgIpc) is 3.28. The van der Waals surface area contributed by atoms with Crippen LogP contribution in [-0.2, 0) is 0 Å². The van der Waals surface area contributed by atoms with E-state index in [0.29, 0.717) is 11.4 Å². The molecule has 4 aromatic rings. The molecule has 0 unspecified atom stereocenters. The number of aromatic nitrogens is 4. The van der Waals surface area contributed by atoms with Gasteiger partial charge in [0.25, 0.3) is 0 Å². The molecule has 0 saturated heterocycles. The molecule has 0 amide bonds. The van der Waals surface area contributed by atoms with Crippen LogP contribution < -0.4 is 11.4 Å². The highest BCUT2D eigenvalue weighted by Gasteiger charge is 2.11. The molecule has 0 radical (unpaired) electrons. The molecule has 0 spiro atoms. The van der Waals surface area contributed by atoms with Crippen LogP contribution in [0.4, 0.5) is 0 Å². The summed E-state index contributed by atoms with van der Waals surface area (Å²) in [6.07, 6.45) is 3.23. The fourth-order valence-electron chi connectivity index (χ4n) is 2.42. The zero-order chi connectivity index (χ0) is 15.8. The molecule has 0 aliphatic rings. The van der Waals surface area contributed by atoms with E-state index in [0.717, 1.165) is 11.1 Å². The van der Waals surface area contributed by atoms with Crippen molar-refractivity contribution in [1.82, 2.24) is 19.3 Å². The van der Waals surface area contributed by atoms with Crippen LogP contribution in [0.2, 0.25) is 0 Å². The van der Waals surface area contributed by atoms with Gasteiger partial charge in [0, 0.05) is 10.9 Å². The normalized spacial score (nSPS) is 11.0. The molecule has 4 rings (SSSR count). The van der Waals surface area contributed by atoms with E-state index in [9.17, 15) is 9.59 Å². The largest absolute Gasteiger partial charge is 0.345 e. The maximum atomic E-state index is 12.2. The molecule has 0 fully saturated rings. The number of H-pyrrole nitrogens is 2. The fourth-order valence-corrected chi connectivity index (χ4v) is 3.08. The van der Waals surface area contributed by atoms with Crippen LogP contribution in [0.25, 0.3) is 22.5 Å². The third-order valence-electron chi connectivity index (χ3n) is 3.55. The molecule has 7 heteroatoms. The molecule has 0 aliphatic heterocycles. The van der Waals surface area contributed by atoms with Crippen LogP contribution in [0.1, 0.15) is 0 Å². The molecule has 6 nitrogen and oxygen atoms in total. The highest BCUT2D eigenvalue weighted by molar-refractivity contribution is 7.08. The van der Waals surface area contributed by atoms with Crippen molar-refractivity contribution in [3.05, 3.63) is 80.5 Å². The molecule has 3 heterocycles. The first-order chi connectivity index (χ1) is 11.2. The number of hydrogen-bond acceptors (Lipinski definition) is 3. The average molecular weight is 324 g/mol. The summed E-state index contributed by atoms with van der Waals surface area (Å²) in [6, 6.07) is 11.4. The Hall–Kier alpha value is -3.06. The first-order valence-corrected chi connectivity index (χ1v) is 7.88. The highest BCUT2D eigenvalue weighted by Crippen LogP contribution is 2.19. The third kappa shape index (κ3) is 2.36. The summed E-state index contributed by atoms with van der Waals surface area (Å²) < 4.78 is 2.52. The van der Waals surface area contributed by atoms with Crippen molar-refractivity contribution in [3.63, 3.8) is 0 Å². The Morgan fingerprint density at radius 3 is 1.96 bits per heavy atom. The monoisotopic (exact) mass is 324 g/mol. The molecule has 0 aliphatic carbocycles. The summed E-state index contributed by atoms with van der Waals surface area (Å²) in [5.74, 6) is 0. The van der Waals surface area contributed by atoms with Gasteiger partial charge in [0.05, 0.1) is 23.8 Å². The lowest BCUT2D eigenvalue weighted by Crippen LogP contribution is -2.30. The van der Waals surface area contributed by atoms with Crippen LogP contribution in [0.5, 0.6) is 0 Å². The Kier molecular flexibility index (Phi) is 3.13. The van der Waals surface area contributed by atoms with E-state index in [-0.39, 0.29) is 11.4 Å². The van der Waals surface area contributed by atoms with Gasteiger partial charge in [0.1, 0.15) is 0 Å². The van der Waals surface area contributed by atoms with Gasteiger partial charge in [-0.1, -0.05) is 30.3 Å². The fraction of sp³-hybridized carbons (Fsp3) is 0. The number of nitrogens with one attached hydrogen (secondary N) is 2. The van der Waals surface area contributed by atoms with Gasteiger partial charge < -0.3 is 9.97 Å². The lowest BCUT2D eigenvalue weighted by molar-refractivity contribution is 0.609. The van der Waals surface area contributed by atoms with Crippen LogP contribution in [0.3, 0.4) is 0 Å². The zero-order valence-electron chi connectivity index (χ0n) is 11.9. The van der Waals surface area contributed by atoms with E-state index < -0.39 is 0 Å². The van der Waals surface area contributed by atoms with E-state index in [1.165, 1.54) is 9.35 Å². The van der Waals surface area contributed by atoms with Crippen molar-refractivity contribution < 1.29 is 0 Å². The maximum absolute atomic E-state index is 12.2. The van der Waals surface area contributed by atoms with Gasteiger partial charge >= 0.3 is 11.4 Å². The van der Waals surface area contributed by atoms with E-state index in [2.05, 4.69) is 9.97 Å². The van der Waals surface area contributed by atoms with Gasteiger partial charge in [0.2, 0.25) is 0 Å².